The van der Waals surface area contributed by atoms with E-state index in [9.17, 15) is 4.39 Å². The summed E-state index contributed by atoms with van der Waals surface area (Å²) in [6.45, 7) is 6.87. The molecule has 31 heavy (non-hydrogen) atoms. The zero-order chi connectivity index (χ0) is 21.5. The van der Waals surface area contributed by atoms with Gasteiger partial charge in [-0.25, -0.2) is 14.4 Å². The molecule has 6 heteroatoms. The van der Waals surface area contributed by atoms with Crippen LogP contribution in [0.2, 0.25) is 0 Å². The average Bonchev–Trinajstić information content (AvgIpc) is 2.83. The Labute approximate surface area is 183 Å². The summed E-state index contributed by atoms with van der Waals surface area (Å²) in [5.41, 5.74) is 2.38. The van der Waals surface area contributed by atoms with Crippen LogP contribution in [0.15, 0.2) is 73.2 Å². The first-order chi connectivity index (χ1) is 15.2. The molecule has 0 spiro atoms. The molecule has 0 N–H and O–H groups in total. The molecule has 0 radical (unpaired) electrons. The largest absolute Gasteiger partial charge is 0.477 e. The zero-order valence-electron chi connectivity index (χ0n) is 17.9. The van der Waals surface area contributed by atoms with Gasteiger partial charge in [-0.1, -0.05) is 30.3 Å². The van der Waals surface area contributed by atoms with Crippen LogP contribution in [0, 0.1) is 5.82 Å². The van der Waals surface area contributed by atoms with E-state index >= 15 is 0 Å². The number of ether oxygens (including phenoxy) is 1. The molecule has 2 heterocycles. The van der Waals surface area contributed by atoms with Gasteiger partial charge in [-0.05, 0) is 43.2 Å². The van der Waals surface area contributed by atoms with Crippen LogP contribution in [0.25, 0.3) is 0 Å². The Morgan fingerprint density at radius 2 is 1.71 bits per heavy atom. The van der Waals surface area contributed by atoms with Crippen molar-refractivity contribution in [1.82, 2.24) is 14.9 Å². The summed E-state index contributed by atoms with van der Waals surface area (Å²) in [6, 6.07) is 19.5. The fraction of sp³-hybridized carbons (Fsp3) is 0.360. The Hall–Kier alpha value is -2.99. The van der Waals surface area contributed by atoms with Crippen LogP contribution in [-0.4, -0.2) is 53.7 Å². The van der Waals surface area contributed by atoms with E-state index in [0.717, 1.165) is 38.2 Å². The van der Waals surface area contributed by atoms with E-state index in [4.69, 9.17) is 4.74 Å². The molecular weight excluding hydrogens is 391 g/mol. The Morgan fingerprint density at radius 3 is 2.39 bits per heavy atom. The van der Waals surface area contributed by atoms with Crippen molar-refractivity contribution >= 4 is 5.69 Å². The molecule has 1 saturated heterocycles. The summed E-state index contributed by atoms with van der Waals surface area (Å²) in [5.74, 6) is 0.494. The van der Waals surface area contributed by atoms with Gasteiger partial charge in [0.15, 0.2) is 0 Å². The van der Waals surface area contributed by atoms with Crippen molar-refractivity contribution in [3.8, 4) is 5.88 Å². The van der Waals surface area contributed by atoms with Crippen molar-refractivity contribution in [2.24, 2.45) is 0 Å². The van der Waals surface area contributed by atoms with Gasteiger partial charge in [-0.2, -0.15) is 0 Å². The van der Waals surface area contributed by atoms with Crippen molar-refractivity contribution in [2.75, 3.05) is 37.7 Å². The van der Waals surface area contributed by atoms with E-state index in [1.807, 2.05) is 12.1 Å². The molecule has 2 aromatic carbocycles. The van der Waals surface area contributed by atoms with Crippen molar-refractivity contribution in [2.45, 2.75) is 25.3 Å². The van der Waals surface area contributed by atoms with Gasteiger partial charge in [0.05, 0.1) is 6.61 Å². The first kappa shape index (κ1) is 21.2. The van der Waals surface area contributed by atoms with E-state index in [0.29, 0.717) is 18.5 Å². The fourth-order valence-electron chi connectivity index (χ4n) is 4.21. The minimum absolute atomic E-state index is 0.151. The first-order valence-corrected chi connectivity index (χ1v) is 10.9. The van der Waals surface area contributed by atoms with Crippen LogP contribution >= 0.6 is 0 Å². The average molecular weight is 421 g/mol. The minimum Gasteiger partial charge on any atom is -0.477 e. The van der Waals surface area contributed by atoms with Gasteiger partial charge in [0.25, 0.3) is 0 Å². The second-order valence-corrected chi connectivity index (χ2v) is 8.05. The number of hydrogen-bond donors (Lipinski definition) is 0. The molecular formula is C25H29FN4O. The summed E-state index contributed by atoms with van der Waals surface area (Å²) < 4.78 is 19.4. The van der Waals surface area contributed by atoms with E-state index in [1.165, 1.54) is 24.1 Å². The lowest BCUT2D eigenvalue weighted by Gasteiger charge is -2.40. The van der Waals surface area contributed by atoms with Gasteiger partial charge in [-0.3, -0.25) is 4.90 Å². The van der Waals surface area contributed by atoms with Crippen LogP contribution in [0.5, 0.6) is 5.88 Å². The third-order valence-electron chi connectivity index (χ3n) is 6.01. The van der Waals surface area contributed by atoms with Crippen LogP contribution in [-0.2, 0) is 0 Å². The minimum atomic E-state index is -0.218. The summed E-state index contributed by atoms with van der Waals surface area (Å²) in [4.78, 5) is 13.1. The lowest BCUT2D eigenvalue weighted by molar-refractivity contribution is 0.167. The number of halogens is 1. The molecule has 2 atom stereocenters. The number of aromatic nitrogens is 2. The predicted molar refractivity (Wildman–Crippen MR) is 121 cm³/mol. The SMILES string of the molecule is CC(CC(COc1ccncn1)c1ccc(F)cc1)N1CCN(c2ccccc2)CC1. The first-order valence-electron chi connectivity index (χ1n) is 10.9. The molecule has 4 rings (SSSR count). The van der Waals surface area contributed by atoms with Gasteiger partial charge in [-0.15, -0.1) is 0 Å². The Morgan fingerprint density at radius 1 is 0.968 bits per heavy atom. The molecule has 0 saturated carbocycles. The summed E-state index contributed by atoms with van der Waals surface area (Å²) in [7, 11) is 0. The van der Waals surface area contributed by atoms with Gasteiger partial charge < -0.3 is 9.64 Å². The van der Waals surface area contributed by atoms with Gasteiger partial charge in [0.2, 0.25) is 5.88 Å². The van der Waals surface area contributed by atoms with Crippen LogP contribution in [0.3, 0.4) is 0 Å². The highest BCUT2D eigenvalue weighted by Crippen LogP contribution is 2.26. The number of piperazine rings is 1. The summed E-state index contributed by atoms with van der Waals surface area (Å²) >= 11 is 0. The highest BCUT2D eigenvalue weighted by atomic mass is 19.1. The summed E-state index contributed by atoms with van der Waals surface area (Å²) in [6.07, 6.45) is 4.09. The van der Waals surface area contributed by atoms with E-state index in [1.54, 1.807) is 12.3 Å². The third-order valence-corrected chi connectivity index (χ3v) is 6.01. The van der Waals surface area contributed by atoms with Gasteiger partial charge >= 0.3 is 0 Å². The maximum Gasteiger partial charge on any atom is 0.216 e. The maximum atomic E-state index is 13.5. The molecule has 1 fully saturated rings. The normalized spacial score (nSPS) is 16.6. The van der Waals surface area contributed by atoms with Crippen molar-refractivity contribution < 1.29 is 9.13 Å². The second kappa shape index (κ2) is 10.4. The van der Waals surface area contributed by atoms with E-state index < -0.39 is 0 Å². The number of para-hydroxylation sites is 1. The molecule has 1 aliphatic heterocycles. The van der Waals surface area contributed by atoms with Crippen molar-refractivity contribution in [1.29, 1.82) is 0 Å². The zero-order valence-corrected chi connectivity index (χ0v) is 17.9. The number of benzene rings is 2. The second-order valence-electron chi connectivity index (χ2n) is 8.05. The molecule has 1 aliphatic rings. The topological polar surface area (TPSA) is 41.5 Å². The van der Waals surface area contributed by atoms with Crippen molar-refractivity contribution in [3.05, 3.63) is 84.6 Å². The van der Waals surface area contributed by atoms with Crippen LogP contribution in [0.1, 0.15) is 24.8 Å². The lowest BCUT2D eigenvalue weighted by Crippen LogP contribution is -2.50. The lowest BCUT2D eigenvalue weighted by atomic mass is 9.92. The number of rotatable bonds is 8. The van der Waals surface area contributed by atoms with Crippen LogP contribution < -0.4 is 9.64 Å². The smallest absolute Gasteiger partial charge is 0.216 e. The fourth-order valence-corrected chi connectivity index (χ4v) is 4.21. The molecule has 3 aromatic rings. The standard InChI is InChI=1S/C25H29FN4O/c1-20(29-13-15-30(16-14-29)24-5-3-2-4-6-24)17-22(21-7-9-23(26)10-8-21)18-31-25-11-12-27-19-28-25/h2-12,19-20,22H,13-18H2,1H3. The maximum absolute atomic E-state index is 13.5. The number of nitrogens with zero attached hydrogens (tertiary/aromatic N) is 4. The van der Waals surface area contributed by atoms with Crippen LogP contribution in [0.4, 0.5) is 10.1 Å². The van der Waals surface area contributed by atoms with Crippen molar-refractivity contribution in [3.63, 3.8) is 0 Å². The molecule has 2 unspecified atom stereocenters. The Kier molecular flexibility index (Phi) is 7.10. The quantitative estimate of drug-likeness (QED) is 0.541. The molecule has 162 valence electrons. The highest BCUT2D eigenvalue weighted by Gasteiger charge is 2.25. The third kappa shape index (κ3) is 5.79. The highest BCUT2D eigenvalue weighted by molar-refractivity contribution is 5.46. The molecule has 5 nitrogen and oxygen atoms in total. The van der Waals surface area contributed by atoms with Gasteiger partial charge in [0, 0.05) is 56.1 Å². The molecule has 0 bridgehead atoms. The summed E-state index contributed by atoms with van der Waals surface area (Å²) in [5, 5.41) is 0. The van der Waals surface area contributed by atoms with Gasteiger partial charge in [0.1, 0.15) is 12.1 Å². The van der Waals surface area contributed by atoms with E-state index in [2.05, 4.69) is 57.0 Å². The molecule has 0 aliphatic carbocycles. The molecule has 0 amide bonds. The Bertz CT molecular complexity index is 915. The number of hydrogen-bond acceptors (Lipinski definition) is 5. The molecule has 1 aromatic heterocycles. The monoisotopic (exact) mass is 420 g/mol. The predicted octanol–water partition coefficient (Wildman–Crippen LogP) is 4.38. The Balaban J connectivity index is 1.38. The number of anilines is 1. The van der Waals surface area contributed by atoms with E-state index in [-0.39, 0.29) is 11.7 Å².